The van der Waals surface area contributed by atoms with Crippen LogP contribution in [0.3, 0.4) is 0 Å². The Balaban J connectivity index is 2.33. The van der Waals surface area contributed by atoms with E-state index in [0.29, 0.717) is 18.1 Å². The normalized spacial score (nSPS) is 21.5. The smallest absolute Gasteiger partial charge is 0.333 e. The Kier molecular flexibility index (Phi) is 3.75. The monoisotopic (exact) mass is 268 g/mol. The first-order valence-corrected chi connectivity index (χ1v) is 6.52. The van der Waals surface area contributed by atoms with Crippen molar-refractivity contribution in [2.45, 2.75) is 32.8 Å². The number of nitro groups is 1. The molecule has 0 bridgehead atoms. The van der Waals surface area contributed by atoms with E-state index in [0.717, 1.165) is 19.4 Å². The number of anilines is 1. The highest BCUT2D eigenvalue weighted by Crippen LogP contribution is 2.34. The molecule has 0 spiro atoms. The maximum Gasteiger partial charge on any atom is 0.333 e. The van der Waals surface area contributed by atoms with Gasteiger partial charge < -0.3 is 10.0 Å². The topological polar surface area (TPSA) is 84.4 Å². The third-order valence-electron chi connectivity index (χ3n) is 3.78. The van der Waals surface area contributed by atoms with Gasteiger partial charge in [-0.3, -0.25) is 10.1 Å². The number of hydrogen-bond acceptors (Lipinski definition) is 5. The highest BCUT2D eigenvalue weighted by Gasteiger charge is 2.32. The van der Waals surface area contributed by atoms with E-state index in [1.54, 1.807) is 25.6 Å². The van der Waals surface area contributed by atoms with E-state index >= 15 is 0 Å². The van der Waals surface area contributed by atoms with Gasteiger partial charge in [-0.25, -0.2) is 4.68 Å². The van der Waals surface area contributed by atoms with Gasteiger partial charge in [-0.1, -0.05) is 0 Å². The predicted octanol–water partition coefficient (Wildman–Crippen LogP) is 1.23. The molecular formula is C12H20N4O3. The average molecular weight is 268 g/mol. The molecule has 1 aromatic heterocycles. The molecular weight excluding hydrogens is 248 g/mol. The summed E-state index contributed by atoms with van der Waals surface area (Å²) < 4.78 is 1.57. The molecule has 1 aliphatic rings. The summed E-state index contributed by atoms with van der Waals surface area (Å²) in [6.45, 7) is 4.83. The fourth-order valence-electron chi connectivity index (χ4n) is 2.80. The van der Waals surface area contributed by atoms with Gasteiger partial charge >= 0.3 is 5.69 Å². The van der Waals surface area contributed by atoms with E-state index in [1.807, 2.05) is 4.90 Å². The first kappa shape index (κ1) is 13.8. The lowest BCUT2D eigenvalue weighted by Crippen LogP contribution is -2.40. The minimum absolute atomic E-state index is 0.0775. The van der Waals surface area contributed by atoms with Gasteiger partial charge in [0.2, 0.25) is 5.82 Å². The molecule has 0 aromatic carbocycles. The highest BCUT2D eigenvalue weighted by atomic mass is 16.6. The van der Waals surface area contributed by atoms with Crippen LogP contribution in [0.5, 0.6) is 0 Å². The van der Waals surface area contributed by atoms with Crippen molar-refractivity contribution in [3.63, 3.8) is 0 Å². The molecule has 19 heavy (non-hydrogen) atoms. The minimum Gasteiger partial charge on any atom is -0.393 e. The number of hydrogen-bond donors (Lipinski definition) is 1. The zero-order chi connectivity index (χ0) is 14.2. The summed E-state index contributed by atoms with van der Waals surface area (Å²) in [5, 5.41) is 25.1. The lowest BCUT2D eigenvalue weighted by atomic mass is 9.93. The van der Waals surface area contributed by atoms with Crippen LogP contribution < -0.4 is 4.90 Å². The van der Waals surface area contributed by atoms with E-state index in [2.05, 4.69) is 5.10 Å². The fraction of sp³-hybridized carbons (Fsp3) is 0.750. The molecule has 7 nitrogen and oxygen atoms in total. The van der Waals surface area contributed by atoms with Gasteiger partial charge in [0.15, 0.2) is 0 Å². The van der Waals surface area contributed by atoms with Crippen LogP contribution >= 0.6 is 0 Å². The lowest BCUT2D eigenvalue weighted by molar-refractivity contribution is -0.384. The van der Waals surface area contributed by atoms with Crippen LogP contribution in [0.15, 0.2) is 0 Å². The van der Waals surface area contributed by atoms with Crippen LogP contribution in [0.25, 0.3) is 0 Å². The molecule has 1 aromatic rings. The number of aliphatic hydroxyl groups is 1. The Hall–Kier alpha value is -1.63. The van der Waals surface area contributed by atoms with Gasteiger partial charge in [0.05, 0.1) is 11.0 Å². The lowest BCUT2D eigenvalue weighted by Gasteiger charge is -2.34. The van der Waals surface area contributed by atoms with Crippen LogP contribution in [0.4, 0.5) is 11.5 Å². The van der Waals surface area contributed by atoms with Gasteiger partial charge in [0.25, 0.3) is 0 Å². The highest BCUT2D eigenvalue weighted by molar-refractivity contribution is 5.61. The summed E-state index contributed by atoms with van der Waals surface area (Å²) in [6.07, 6.45) is 1.49. The van der Waals surface area contributed by atoms with E-state index < -0.39 is 6.10 Å². The van der Waals surface area contributed by atoms with Crippen molar-refractivity contribution in [2.24, 2.45) is 13.0 Å². The maximum atomic E-state index is 11.2. The second-order valence-electron chi connectivity index (χ2n) is 5.23. The van der Waals surface area contributed by atoms with Crippen molar-refractivity contribution in [2.75, 3.05) is 18.0 Å². The quantitative estimate of drug-likeness (QED) is 0.658. The third-order valence-corrected chi connectivity index (χ3v) is 3.78. The van der Waals surface area contributed by atoms with Crippen molar-refractivity contribution < 1.29 is 10.0 Å². The van der Waals surface area contributed by atoms with Gasteiger partial charge in [0, 0.05) is 26.1 Å². The Morgan fingerprint density at radius 1 is 1.58 bits per heavy atom. The van der Waals surface area contributed by atoms with Crippen LogP contribution in [-0.2, 0) is 7.05 Å². The molecule has 7 heteroatoms. The number of piperidine rings is 1. The first-order chi connectivity index (χ1) is 8.91. The summed E-state index contributed by atoms with van der Waals surface area (Å²) in [5.41, 5.74) is 0.510. The summed E-state index contributed by atoms with van der Waals surface area (Å²) in [5.74, 6) is 0.705. The van der Waals surface area contributed by atoms with Crippen LogP contribution in [0, 0.1) is 23.0 Å². The third kappa shape index (κ3) is 2.56. The maximum absolute atomic E-state index is 11.2. The van der Waals surface area contributed by atoms with E-state index in [4.69, 9.17) is 0 Å². The standard InChI is InChI=1S/C12H20N4O3/c1-8-11(16(18)19)12(14(3)13-8)15-6-4-5-10(7-15)9(2)17/h9-10,17H,4-7H2,1-3H3. The van der Waals surface area contributed by atoms with Gasteiger partial charge in [-0.2, -0.15) is 5.10 Å². The average Bonchev–Trinajstić information content (AvgIpc) is 2.64. The van der Waals surface area contributed by atoms with Crippen molar-refractivity contribution in [1.82, 2.24) is 9.78 Å². The number of nitrogens with zero attached hydrogens (tertiary/aromatic N) is 4. The molecule has 1 aliphatic heterocycles. The van der Waals surface area contributed by atoms with E-state index in [9.17, 15) is 15.2 Å². The van der Waals surface area contributed by atoms with Crippen molar-refractivity contribution >= 4 is 11.5 Å². The van der Waals surface area contributed by atoms with Crippen molar-refractivity contribution in [3.8, 4) is 0 Å². The molecule has 2 atom stereocenters. The molecule has 1 N–H and O–H groups in total. The van der Waals surface area contributed by atoms with E-state index in [1.165, 1.54) is 0 Å². The van der Waals surface area contributed by atoms with Crippen LogP contribution in [-0.4, -0.2) is 39.0 Å². The van der Waals surface area contributed by atoms with E-state index in [-0.39, 0.29) is 16.5 Å². The SMILES string of the molecule is Cc1nn(C)c(N2CCCC(C(C)O)C2)c1[N+](=O)[O-]. The van der Waals surface area contributed by atoms with Crippen LogP contribution in [0.1, 0.15) is 25.5 Å². The predicted molar refractivity (Wildman–Crippen MR) is 71.2 cm³/mol. The van der Waals surface area contributed by atoms with Crippen LogP contribution in [0.2, 0.25) is 0 Å². The Morgan fingerprint density at radius 3 is 2.84 bits per heavy atom. The van der Waals surface area contributed by atoms with Crippen molar-refractivity contribution in [3.05, 3.63) is 15.8 Å². The minimum atomic E-state index is -0.392. The molecule has 2 heterocycles. The largest absolute Gasteiger partial charge is 0.393 e. The molecule has 106 valence electrons. The molecule has 0 aliphatic carbocycles. The molecule has 0 amide bonds. The molecule has 2 unspecified atom stereocenters. The zero-order valence-electron chi connectivity index (χ0n) is 11.5. The first-order valence-electron chi connectivity index (χ1n) is 6.52. The summed E-state index contributed by atoms with van der Waals surface area (Å²) in [6, 6.07) is 0. The molecule has 0 radical (unpaired) electrons. The summed E-state index contributed by atoms with van der Waals surface area (Å²) in [4.78, 5) is 12.8. The number of aryl methyl sites for hydroxylation is 2. The summed E-state index contributed by atoms with van der Waals surface area (Å²) >= 11 is 0. The number of aliphatic hydroxyl groups excluding tert-OH is 1. The van der Waals surface area contributed by atoms with Gasteiger partial charge in [-0.15, -0.1) is 0 Å². The number of rotatable bonds is 3. The molecule has 0 saturated carbocycles. The second-order valence-corrected chi connectivity index (χ2v) is 5.23. The molecule has 1 fully saturated rings. The Bertz CT molecular complexity index is 484. The summed E-state index contributed by atoms with van der Waals surface area (Å²) in [7, 11) is 1.72. The number of aromatic nitrogens is 2. The van der Waals surface area contributed by atoms with Gasteiger partial charge in [-0.05, 0) is 26.7 Å². The Labute approximate surface area is 112 Å². The Morgan fingerprint density at radius 2 is 2.26 bits per heavy atom. The second kappa shape index (κ2) is 5.16. The molecule has 1 saturated heterocycles. The fourth-order valence-corrected chi connectivity index (χ4v) is 2.80. The van der Waals surface area contributed by atoms with Crippen molar-refractivity contribution in [1.29, 1.82) is 0 Å². The van der Waals surface area contributed by atoms with Gasteiger partial charge in [0.1, 0.15) is 5.69 Å². The molecule has 2 rings (SSSR count). The zero-order valence-corrected chi connectivity index (χ0v) is 11.5.